The van der Waals surface area contributed by atoms with Crippen LogP contribution in [0.15, 0.2) is 6.07 Å². The average molecular weight is 237 g/mol. The summed E-state index contributed by atoms with van der Waals surface area (Å²) in [5.74, 6) is 2.68. The van der Waals surface area contributed by atoms with Gasteiger partial charge in [-0.15, -0.1) is 0 Å². The highest BCUT2D eigenvalue weighted by molar-refractivity contribution is 5.48. The summed E-state index contributed by atoms with van der Waals surface area (Å²) in [4.78, 5) is 10.9. The van der Waals surface area contributed by atoms with E-state index < -0.39 is 0 Å². The minimum Gasteiger partial charge on any atom is -0.370 e. The molecule has 0 radical (unpaired) electrons. The van der Waals surface area contributed by atoms with Crippen molar-refractivity contribution in [1.82, 2.24) is 15.3 Å². The van der Waals surface area contributed by atoms with Crippen LogP contribution in [0, 0.1) is 6.92 Å². The van der Waals surface area contributed by atoms with Crippen molar-refractivity contribution in [1.29, 1.82) is 0 Å². The van der Waals surface area contributed by atoms with Crippen LogP contribution in [-0.4, -0.2) is 43.7 Å². The summed E-state index contributed by atoms with van der Waals surface area (Å²) in [5, 5.41) is 6.44. The summed E-state index contributed by atoms with van der Waals surface area (Å²) >= 11 is 0. The van der Waals surface area contributed by atoms with Gasteiger partial charge in [-0.25, -0.2) is 9.97 Å². The van der Waals surface area contributed by atoms with E-state index in [4.69, 9.17) is 0 Å². The Kier molecular flexibility index (Phi) is 5.69. The molecule has 5 nitrogen and oxygen atoms in total. The quantitative estimate of drug-likeness (QED) is 0.699. The number of nitrogens with zero attached hydrogens (tertiary/aromatic N) is 3. The molecule has 0 saturated heterocycles. The van der Waals surface area contributed by atoms with E-state index in [1.165, 1.54) is 0 Å². The largest absolute Gasteiger partial charge is 0.370 e. The van der Waals surface area contributed by atoms with Crippen LogP contribution in [0.4, 0.5) is 11.6 Å². The van der Waals surface area contributed by atoms with E-state index in [0.29, 0.717) is 0 Å². The molecule has 2 N–H and O–H groups in total. The first-order valence-corrected chi connectivity index (χ1v) is 6.12. The summed E-state index contributed by atoms with van der Waals surface area (Å²) in [7, 11) is 4.00. The Labute approximate surface area is 104 Å². The van der Waals surface area contributed by atoms with Crippen LogP contribution in [-0.2, 0) is 0 Å². The molecular weight excluding hydrogens is 214 g/mol. The Morgan fingerprint density at radius 2 is 2.06 bits per heavy atom. The number of aromatic nitrogens is 2. The number of aryl methyl sites for hydroxylation is 1. The maximum Gasteiger partial charge on any atom is 0.134 e. The summed E-state index contributed by atoms with van der Waals surface area (Å²) in [6.07, 6.45) is 1.08. The van der Waals surface area contributed by atoms with Gasteiger partial charge >= 0.3 is 0 Å². The molecule has 0 spiro atoms. The number of anilines is 2. The van der Waals surface area contributed by atoms with Crippen molar-refractivity contribution >= 4 is 11.6 Å². The van der Waals surface area contributed by atoms with E-state index in [9.17, 15) is 0 Å². The van der Waals surface area contributed by atoms with Gasteiger partial charge in [-0.1, -0.05) is 0 Å². The molecule has 5 heteroatoms. The Balaban J connectivity index is 2.62. The van der Waals surface area contributed by atoms with Gasteiger partial charge in [-0.3, -0.25) is 0 Å². The van der Waals surface area contributed by atoms with Gasteiger partial charge in [0.05, 0.1) is 0 Å². The minimum atomic E-state index is 0.805. The zero-order valence-corrected chi connectivity index (χ0v) is 11.2. The van der Waals surface area contributed by atoms with Crippen molar-refractivity contribution in [3.63, 3.8) is 0 Å². The van der Waals surface area contributed by atoms with Crippen molar-refractivity contribution in [2.45, 2.75) is 20.3 Å². The predicted molar refractivity (Wildman–Crippen MR) is 72.7 cm³/mol. The maximum absolute atomic E-state index is 4.41. The molecule has 96 valence electrons. The normalized spacial score (nSPS) is 10.4. The monoisotopic (exact) mass is 237 g/mol. The summed E-state index contributed by atoms with van der Waals surface area (Å²) in [6.45, 7) is 6.91. The van der Waals surface area contributed by atoms with Crippen molar-refractivity contribution in [3.05, 3.63) is 11.9 Å². The second-order valence-corrected chi connectivity index (χ2v) is 4.06. The summed E-state index contributed by atoms with van der Waals surface area (Å²) in [5.41, 5.74) is 0. The molecule has 0 aromatic carbocycles. The van der Waals surface area contributed by atoms with Gasteiger partial charge in [0.25, 0.3) is 0 Å². The van der Waals surface area contributed by atoms with E-state index in [1.807, 2.05) is 27.1 Å². The third kappa shape index (κ3) is 4.56. The lowest BCUT2D eigenvalue weighted by Gasteiger charge is -2.17. The number of nitrogens with one attached hydrogen (secondary N) is 2. The van der Waals surface area contributed by atoms with Gasteiger partial charge in [0.2, 0.25) is 0 Å². The lowest BCUT2D eigenvalue weighted by Crippen LogP contribution is -2.19. The molecular formula is C12H23N5. The minimum absolute atomic E-state index is 0.805. The zero-order valence-electron chi connectivity index (χ0n) is 11.2. The summed E-state index contributed by atoms with van der Waals surface area (Å²) in [6, 6.07) is 2.00. The van der Waals surface area contributed by atoms with Gasteiger partial charge < -0.3 is 15.5 Å². The summed E-state index contributed by atoms with van der Waals surface area (Å²) < 4.78 is 0. The maximum atomic E-state index is 4.41. The van der Waals surface area contributed by atoms with Crippen LogP contribution in [0.2, 0.25) is 0 Å². The Hall–Kier alpha value is -1.36. The fourth-order valence-electron chi connectivity index (χ4n) is 1.48. The van der Waals surface area contributed by atoms with Crippen molar-refractivity contribution < 1.29 is 0 Å². The molecule has 0 unspecified atom stereocenters. The standard InChI is InChI=1S/C12H23N5/c1-5-17(4)12-9-11(15-10(2)16-12)14-8-6-7-13-3/h9,13H,5-8H2,1-4H3,(H,14,15,16). The topological polar surface area (TPSA) is 53.1 Å². The molecule has 0 aliphatic carbocycles. The highest BCUT2D eigenvalue weighted by Gasteiger charge is 2.04. The van der Waals surface area contributed by atoms with Gasteiger partial charge in [0, 0.05) is 26.2 Å². The number of rotatable bonds is 7. The van der Waals surface area contributed by atoms with Crippen LogP contribution in [0.3, 0.4) is 0 Å². The second kappa shape index (κ2) is 7.06. The molecule has 1 aromatic rings. The first kappa shape index (κ1) is 13.7. The molecule has 0 aliphatic rings. The van der Waals surface area contributed by atoms with E-state index in [-0.39, 0.29) is 0 Å². The van der Waals surface area contributed by atoms with Crippen LogP contribution in [0.5, 0.6) is 0 Å². The second-order valence-electron chi connectivity index (χ2n) is 4.06. The van der Waals surface area contributed by atoms with Crippen LogP contribution >= 0.6 is 0 Å². The fourth-order valence-corrected chi connectivity index (χ4v) is 1.48. The van der Waals surface area contributed by atoms with Crippen molar-refractivity contribution in [2.75, 3.05) is 43.9 Å². The van der Waals surface area contributed by atoms with Crippen LogP contribution in [0.25, 0.3) is 0 Å². The van der Waals surface area contributed by atoms with Crippen LogP contribution in [0.1, 0.15) is 19.2 Å². The van der Waals surface area contributed by atoms with Crippen LogP contribution < -0.4 is 15.5 Å². The van der Waals surface area contributed by atoms with Crippen molar-refractivity contribution in [2.24, 2.45) is 0 Å². The Bertz CT molecular complexity index is 340. The van der Waals surface area contributed by atoms with E-state index >= 15 is 0 Å². The van der Waals surface area contributed by atoms with E-state index in [1.54, 1.807) is 0 Å². The fraction of sp³-hybridized carbons (Fsp3) is 0.667. The molecule has 0 atom stereocenters. The highest BCUT2D eigenvalue weighted by Crippen LogP contribution is 2.14. The molecule has 1 rings (SSSR count). The molecule has 17 heavy (non-hydrogen) atoms. The highest BCUT2D eigenvalue weighted by atomic mass is 15.2. The van der Waals surface area contributed by atoms with Gasteiger partial charge in [-0.2, -0.15) is 0 Å². The SMILES string of the molecule is CCN(C)c1cc(NCCCNC)nc(C)n1. The smallest absolute Gasteiger partial charge is 0.134 e. The van der Waals surface area contributed by atoms with E-state index in [0.717, 1.165) is 43.5 Å². The van der Waals surface area contributed by atoms with E-state index in [2.05, 4.69) is 32.4 Å². The molecule has 1 aromatic heterocycles. The molecule has 0 amide bonds. The Morgan fingerprint density at radius 3 is 2.71 bits per heavy atom. The van der Waals surface area contributed by atoms with Gasteiger partial charge in [-0.05, 0) is 33.9 Å². The predicted octanol–water partition coefficient (Wildman–Crippen LogP) is 1.26. The number of hydrogen-bond donors (Lipinski definition) is 2. The molecule has 0 aliphatic heterocycles. The average Bonchev–Trinajstić information content (AvgIpc) is 2.33. The third-order valence-electron chi connectivity index (χ3n) is 2.60. The third-order valence-corrected chi connectivity index (χ3v) is 2.60. The lowest BCUT2D eigenvalue weighted by atomic mass is 10.4. The molecule has 0 fully saturated rings. The number of hydrogen-bond acceptors (Lipinski definition) is 5. The molecule has 1 heterocycles. The lowest BCUT2D eigenvalue weighted by molar-refractivity contribution is 0.746. The zero-order chi connectivity index (χ0) is 12.7. The van der Waals surface area contributed by atoms with Crippen molar-refractivity contribution in [3.8, 4) is 0 Å². The molecule has 0 saturated carbocycles. The Morgan fingerprint density at radius 1 is 1.29 bits per heavy atom. The molecule has 0 bridgehead atoms. The van der Waals surface area contributed by atoms with Gasteiger partial charge in [0.15, 0.2) is 0 Å². The first-order chi connectivity index (χ1) is 8.17. The first-order valence-electron chi connectivity index (χ1n) is 6.12. The van der Waals surface area contributed by atoms with Gasteiger partial charge in [0.1, 0.15) is 17.5 Å².